The van der Waals surface area contributed by atoms with Crippen LogP contribution in [0.1, 0.15) is 0 Å². The molecule has 18 heteroatoms. The summed E-state index contributed by atoms with van der Waals surface area (Å²) in [6.07, 6.45) is 0. The van der Waals surface area contributed by atoms with Crippen molar-refractivity contribution < 1.29 is 34.8 Å². The van der Waals surface area contributed by atoms with E-state index < -0.39 is 20.2 Å². The van der Waals surface area contributed by atoms with Crippen molar-refractivity contribution in [2.24, 2.45) is 0 Å². The lowest BCUT2D eigenvalue weighted by Gasteiger charge is -2.22. The van der Waals surface area contributed by atoms with Crippen LogP contribution in [0, 0.1) is 0 Å². The first-order valence-corrected chi connectivity index (χ1v) is 35.7. The van der Waals surface area contributed by atoms with Gasteiger partial charge in [0.15, 0.2) is 12.4 Å². The molecular weight excluding hydrogens is 1240 g/mol. The van der Waals surface area contributed by atoms with Crippen molar-refractivity contribution in [3.63, 3.8) is 0 Å². The van der Waals surface area contributed by atoms with Crippen LogP contribution in [0.5, 0.6) is 0 Å². The largest absolute Gasteiger partial charge is 0.744 e. The van der Waals surface area contributed by atoms with Crippen molar-refractivity contribution in [2.75, 3.05) is 74.3 Å². The molecule has 12 nitrogen and oxygen atoms in total. The van der Waals surface area contributed by atoms with E-state index in [1.165, 1.54) is 31.7 Å². The molecule has 12 rings (SSSR count). The standard InChI is InChI=1S/C37H34N2O4S3.C35H30N2O4S3/c1-38(21-23-44-29-11-5-3-6-12-29)27-17-19-31-34(25-27)43-35-26-28(39(2)22-24-45-30-13-7-4-8-14-30)18-20-32(35)37(31)33-15-9-10-16-36(33)46(40,41)42;1-36(23-42-27-11-5-3-6-12-27)25-17-19-29-32(21-25)41-33-22-26(37(2)24-43-28-13-7-4-8-14-28)18-20-30(33)35(29)31-15-9-10-16-34(31)44(38,39)40/h3-20,25-26H,21-24H2,1-2H3;3-22H,23-24H2,1-2H3. The number of hydrogen-bond donors (Lipinski definition) is 0. The van der Waals surface area contributed by atoms with Gasteiger partial charge in [-0.05, 0) is 97.1 Å². The zero-order valence-electron chi connectivity index (χ0n) is 49.8. The van der Waals surface area contributed by atoms with E-state index in [1.54, 1.807) is 83.4 Å². The zero-order chi connectivity index (χ0) is 62.8. The molecule has 0 N–H and O–H groups in total. The van der Waals surface area contributed by atoms with Crippen LogP contribution in [0.2, 0.25) is 0 Å². The van der Waals surface area contributed by atoms with E-state index in [-0.39, 0.29) is 9.79 Å². The molecule has 0 aromatic heterocycles. The molecular formula is C72H64N4O8S6. The predicted molar refractivity (Wildman–Crippen MR) is 370 cm³/mol. The molecule has 8 aromatic rings. The Morgan fingerprint density at radius 3 is 1.28 bits per heavy atom. The fourth-order valence-corrected chi connectivity index (χ4v) is 15.4. The first kappa shape index (κ1) is 63.5. The van der Waals surface area contributed by atoms with Crippen LogP contribution >= 0.6 is 47.0 Å². The molecule has 0 saturated heterocycles. The molecule has 0 atom stereocenters. The SMILES string of the molecule is CN(CCSc1ccccc1)c1ccc2c(-c3ccccc3S(=O)(=O)[O-])c3ccc(=[N+](C)CCSc4ccccc4)cc-3oc2c1.CN(CSc1ccccc1)c1ccc2c(-c3ccccc3S(=O)(=O)[O-])c3cc/c(=[N+](\C)CSc4ccccc4)cc-3oc2c1. The molecule has 456 valence electrons. The highest BCUT2D eigenvalue weighted by molar-refractivity contribution is 8.00. The molecule has 0 spiro atoms. The van der Waals surface area contributed by atoms with E-state index in [4.69, 9.17) is 8.83 Å². The molecule has 2 heterocycles. The maximum atomic E-state index is 12.4. The lowest BCUT2D eigenvalue weighted by atomic mass is 9.93. The summed E-state index contributed by atoms with van der Waals surface area (Å²) in [7, 11) is -1.31. The van der Waals surface area contributed by atoms with Crippen molar-refractivity contribution in [1.29, 1.82) is 0 Å². The first-order valence-electron chi connectivity index (χ1n) is 28.9. The fourth-order valence-electron chi connectivity index (χ4n) is 10.5. The fraction of sp³-hybridized carbons (Fsp3) is 0.139. The van der Waals surface area contributed by atoms with E-state index >= 15 is 0 Å². The minimum Gasteiger partial charge on any atom is -0.744 e. The topological polar surface area (TPSA) is 153 Å². The van der Waals surface area contributed by atoms with Crippen LogP contribution in [-0.4, -0.2) is 90.5 Å². The molecule has 2 aliphatic carbocycles. The minimum absolute atomic E-state index is 0.248. The normalized spacial score (nSPS) is 12.4. The van der Waals surface area contributed by atoms with E-state index in [2.05, 4.69) is 81.6 Å². The average molecular weight is 1310 g/mol. The summed E-state index contributed by atoms with van der Waals surface area (Å²) in [5.74, 6) is 4.47. The average Bonchev–Trinajstić information content (AvgIpc) is 0.804. The van der Waals surface area contributed by atoms with Gasteiger partial charge in [0, 0.05) is 126 Å². The maximum Gasteiger partial charge on any atom is 0.204 e. The summed E-state index contributed by atoms with van der Waals surface area (Å²) in [4.78, 5) is 8.62. The molecule has 4 aliphatic rings. The van der Waals surface area contributed by atoms with Gasteiger partial charge in [-0.3, -0.25) is 0 Å². The predicted octanol–water partition coefficient (Wildman–Crippen LogP) is 15.0. The molecule has 2 aliphatic heterocycles. The highest BCUT2D eigenvalue weighted by atomic mass is 32.2. The third kappa shape index (κ3) is 15.4. The quantitative estimate of drug-likeness (QED) is 0.0234. The molecule has 0 radical (unpaired) electrons. The Labute approximate surface area is 542 Å². The Balaban J connectivity index is 0.000000185. The van der Waals surface area contributed by atoms with Gasteiger partial charge in [-0.15, -0.1) is 35.3 Å². The van der Waals surface area contributed by atoms with Crippen LogP contribution in [0.4, 0.5) is 11.4 Å². The summed E-state index contributed by atoms with van der Waals surface area (Å²) < 4.78 is 91.7. The first-order chi connectivity index (χ1) is 43.6. The zero-order valence-corrected chi connectivity index (χ0v) is 54.7. The van der Waals surface area contributed by atoms with Crippen molar-refractivity contribution in [1.82, 2.24) is 9.15 Å². The third-order valence-corrected chi connectivity index (χ3v) is 21.2. The molecule has 0 amide bonds. The van der Waals surface area contributed by atoms with Gasteiger partial charge in [-0.2, -0.15) is 0 Å². The van der Waals surface area contributed by atoms with Gasteiger partial charge < -0.3 is 27.7 Å². The summed E-state index contributed by atoms with van der Waals surface area (Å²) in [6, 6.07) is 77.6. The van der Waals surface area contributed by atoms with Crippen molar-refractivity contribution in [3.05, 3.63) is 253 Å². The molecule has 0 fully saturated rings. The van der Waals surface area contributed by atoms with Crippen LogP contribution in [0.15, 0.2) is 281 Å². The lowest BCUT2D eigenvalue weighted by Crippen LogP contribution is -2.28. The summed E-state index contributed by atoms with van der Waals surface area (Å²) >= 11 is 7.07. The Morgan fingerprint density at radius 1 is 0.411 bits per heavy atom. The van der Waals surface area contributed by atoms with Gasteiger partial charge in [-0.1, -0.05) is 121 Å². The number of fused-ring (bicyclic) bond motifs is 4. The molecule has 0 bridgehead atoms. The van der Waals surface area contributed by atoms with E-state index in [9.17, 15) is 25.9 Å². The van der Waals surface area contributed by atoms with Crippen molar-refractivity contribution in [3.8, 4) is 44.9 Å². The second-order valence-electron chi connectivity index (χ2n) is 21.3. The van der Waals surface area contributed by atoms with Crippen molar-refractivity contribution in [2.45, 2.75) is 29.4 Å². The number of benzene rings is 10. The summed E-state index contributed by atoms with van der Waals surface area (Å²) in [6.45, 7) is 1.64. The van der Waals surface area contributed by atoms with Crippen LogP contribution < -0.4 is 29.7 Å². The number of thioether (sulfide) groups is 4. The molecule has 0 unspecified atom stereocenters. The third-order valence-electron chi connectivity index (χ3n) is 15.2. The number of hydrogen-bond acceptors (Lipinski definition) is 14. The molecule has 8 aromatic carbocycles. The minimum atomic E-state index is -4.73. The van der Waals surface area contributed by atoms with Gasteiger partial charge in [0.2, 0.25) is 10.7 Å². The Bertz CT molecular complexity index is 4800. The lowest BCUT2D eigenvalue weighted by molar-refractivity contribution is 0.461. The van der Waals surface area contributed by atoms with Crippen molar-refractivity contribution >= 4 is 101 Å². The van der Waals surface area contributed by atoms with Gasteiger partial charge in [0.1, 0.15) is 57.0 Å². The smallest absolute Gasteiger partial charge is 0.204 e. The van der Waals surface area contributed by atoms with Gasteiger partial charge in [0.25, 0.3) is 0 Å². The van der Waals surface area contributed by atoms with E-state index in [0.29, 0.717) is 44.9 Å². The Morgan fingerprint density at radius 2 is 0.811 bits per heavy atom. The maximum absolute atomic E-state index is 12.4. The van der Waals surface area contributed by atoms with Crippen LogP contribution in [0.3, 0.4) is 0 Å². The monoisotopic (exact) mass is 1300 g/mol. The molecule has 0 saturated carbocycles. The second-order valence-corrected chi connectivity index (χ2v) is 28.4. The highest BCUT2D eigenvalue weighted by Crippen LogP contribution is 2.45. The number of anilines is 2. The Kier molecular flexibility index (Phi) is 20.4. The van der Waals surface area contributed by atoms with Gasteiger partial charge >= 0.3 is 0 Å². The van der Waals surface area contributed by atoms with Crippen LogP contribution in [0.25, 0.3) is 66.8 Å². The second kappa shape index (κ2) is 28.8. The number of nitrogens with zero attached hydrogens (tertiary/aromatic N) is 4. The summed E-state index contributed by atoms with van der Waals surface area (Å²) in [5, 5.41) is 3.39. The van der Waals surface area contributed by atoms with Gasteiger partial charge in [-0.25, -0.2) is 26.0 Å². The molecule has 90 heavy (non-hydrogen) atoms. The number of rotatable bonds is 20. The van der Waals surface area contributed by atoms with E-state index in [1.807, 2.05) is 160 Å². The Hall–Kier alpha value is -8.04. The van der Waals surface area contributed by atoms with Gasteiger partial charge in [0.05, 0.1) is 33.6 Å². The highest BCUT2D eigenvalue weighted by Gasteiger charge is 2.25. The van der Waals surface area contributed by atoms with Crippen LogP contribution in [-0.2, 0) is 20.2 Å². The van der Waals surface area contributed by atoms with E-state index in [0.717, 1.165) is 80.3 Å². The summed E-state index contributed by atoms with van der Waals surface area (Å²) in [5.41, 5.74) is 6.63.